The van der Waals surface area contributed by atoms with Gasteiger partial charge in [0.2, 0.25) is 0 Å². The third-order valence-electron chi connectivity index (χ3n) is 2.67. The number of rotatable bonds is 1. The quantitative estimate of drug-likeness (QED) is 0.846. The smallest absolute Gasteiger partial charge is 0.141 e. The number of aliphatic hydroxyl groups excluding tert-OH is 1. The molecule has 92 valence electrons. The molecule has 1 heterocycles. The summed E-state index contributed by atoms with van der Waals surface area (Å²) in [5, 5.41) is 10.9. The number of hydrogen-bond donors (Lipinski definition) is 1. The molecule has 0 spiro atoms. The Bertz CT molecular complexity index is 515. The molecule has 1 N–H and O–H groups in total. The van der Waals surface area contributed by atoms with E-state index in [1.54, 1.807) is 12.1 Å². The zero-order valence-electron chi connectivity index (χ0n) is 9.92. The molecule has 0 bridgehead atoms. The fourth-order valence-electron chi connectivity index (χ4n) is 1.62. The number of halogens is 2. The largest absolute Gasteiger partial charge is 0.458 e. The SMILES string of the molecule is CC(C)(C)C(O)c1cc2cc(Br)c(F)cc2o1. The summed E-state index contributed by atoms with van der Waals surface area (Å²) in [6, 6.07) is 4.71. The molecule has 1 aromatic carbocycles. The molecule has 2 nitrogen and oxygen atoms in total. The van der Waals surface area contributed by atoms with Crippen LogP contribution in [0.5, 0.6) is 0 Å². The van der Waals surface area contributed by atoms with Crippen molar-refractivity contribution in [3.63, 3.8) is 0 Å². The molecule has 0 amide bonds. The van der Waals surface area contributed by atoms with Crippen LogP contribution in [0.3, 0.4) is 0 Å². The Morgan fingerprint density at radius 2 is 1.94 bits per heavy atom. The van der Waals surface area contributed by atoms with Crippen molar-refractivity contribution in [2.24, 2.45) is 5.41 Å². The lowest BCUT2D eigenvalue weighted by atomic mass is 9.88. The molecule has 2 rings (SSSR count). The normalized spacial score (nSPS) is 14.2. The Morgan fingerprint density at radius 3 is 2.53 bits per heavy atom. The molecule has 1 aromatic heterocycles. The highest BCUT2D eigenvalue weighted by molar-refractivity contribution is 9.10. The van der Waals surface area contributed by atoms with Crippen molar-refractivity contribution < 1.29 is 13.9 Å². The van der Waals surface area contributed by atoms with Crippen molar-refractivity contribution in [1.82, 2.24) is 0 Å². The fourth-order valence-corrected chi connectivity index (χ4v) is 1.98. The van der Waals surface area contributed by atoms with E-state index in [4.69, 9.17) is 4.42 Å². The van der Waals surface area contributed by atoms with E-state index in [9.17, 15) is 9.50 Å². The molecule has 4 heteroatoms. The third-order valence-corrected chi connectivity index (χ3v) is 3.28. The maximum absolute atomic E-state index is 13.3. The second kappa shape index (κ2) is 4.10. The van der Waals surface area contributed by atoms with Crippen LogP contribution in [0.15, 0.2) is 27.1 Å². The second-order valence-electron chi connectivity index (χ2n) is 5.22. The van der Waals surface area contributed by atoms with Crippen molar-refractivity contribution in [3.8, 4) is 0 Å². The van der Waals surface area contributed by atoms with Gasteiger partial charge in [0.05, 0.1) is 4.47 Å². The van der Waals surface area contributed by atoms with Crippen LogP contribution in [-0.4, -0.2) is 5.11 Å². The highest BCUT2D eigenvalue weighted by Gasteiger charge is 2.27. The monoisotopic (exact) mass is 300 g/mol. The van der Waals surface area contributed by atoms with E-state index in [-0.39, 0.29) is 11.2 Å². The summed E-state index contributed by atoms with van der Waals surface area (Å²) in [5.41, 5.74) is 0.132. The first-order chi connectivity index (χ1) is 7.79. The van der Waals surface area contributed by atoms with Crippen molar-refractivity contribution in [2.45, 2.75) is 26.9 Å². The average molecular weight is 301 g/mol. The lowest BCUT2D eigenvalue weighted by Crippen LogP contribution is -2.16. The molecule has 1 atom stereocenters. The van der Waals surface area contributed by atoms with E-state index in [1.807, 2.05) is 20.8 Å². The molecule has 17 heavy (non-hydrogen) atoms. The minimum absolute atomic E-state index is 0.316. The Kier molecular flexibility index (Phi) is 3.04. The second-order valence-corrected chi connectivity index (χ2v) is 6.08. The van der Waals surface area contributed by atoms with Gasteiger partial charge in [-0.15, -0.1) is 0 Å². The van der Waals surface area contributed by atoms with E-state index in [2.05, 4.69) is 15.9 Å². The highest BCUT2D eigenvalue weighted by atomic mass is 79.9. The number of aliphatic hydroxyl groups is 1. The molecule has 0 aliphatic heterocycles. The van der Waals surface area contributed by atoms with Gasteiger partial charge in [0.15, 0.2) is 0 Å². The number of furan rings is 1. The summed E-state index contributed by atoms with van der Waals surface area (Å²) in [5.74, 6) is 0.0913. The zero-order chi connectivity index (χ0) is 12.8. The predicted molar refractivity (Wildman–Crippen MR) is 68.3 cm³/mol. The zero-order valence-corrected chi connectivity index (χ0v) is 11.5. The summed E-state index contributed by atoms with van der Waals surface area (Å²) in [6.07, 6.45) is -0.711. The molecule has 1 unspecified atom stereocenters. The topological polar surface area (TPSA) is 33.4 Å². The van der Waals surface area contributed by atoms with Crippen molar-refractivity contribution in [3.05, 3.63) is 34.2 Å². The molecule has 0 fully saturated rings. The first kappa shape index (κ1) is 12.6. The number of fused-ring (bicyclic) bond motifs is 1. The van der Waals surface area contributed by atoms with Crippen LogP contribution in [0, 0.1) is 11.2 Å². The number of hydrogen-bond acceptors (Lipinski definition) is 2. The molecule has 2 aromatic rings. The van der Waals surface area contributed by atoms with Crippen LogP contribution >= 0.6 is 15.9 Å². The molecule has 0 radical (unpaired) electrons. The van der Waals surface area contributed by atoms with Gasteiger partial charge < -0.3 is 9.52 Å². The van der Waals surface area contributed by atoms with E-state index >= 15 is 0 Å². The van der Waals surface area contributed by atoms with Crippen LogP contribution in [-0.2, 0) is 0 Å². The van der Waals surface area contributed by atoms with E-state index in [1.165, 1.54) is 6.07 Å². The Hall–Kier alpha value is -0.870. The molecule has 0 saturated heterocycles. The molecular weight excluding hydrogens is 287 g/mol. The minimum Gasteiger partial charge on any atom is -0.458 e. The maximum Gasteiger partial charge on any atom is 0.141 e. The van der Waals surface area contributed by atoms with Gasteiger partial charge in [0, 0.05) is 11.5 Å². The lowest BCUT2D eigenvalue weighted by Gasteiger charge is -2.23. The first-order valence-corrected chi connectivity index (χ1v) is 6.15. The van der Waals surface area contributed by atoms with Gasteiger partial charge in [-0.25, -0.2) is 4.39 Å². The Labute approximate surface area is 108 Å². The van der Waals surface area contributed by atoms with Gasteiger partial charge >= 0.3 is 0 Å². The third kappa shape index (κ3) is 2.38. The molecule has 0 aliphatic rings. The van der Waals surface area contributed by atoms with Crippen molar-refractivity contribution in [1.29, 1.82) is 0 Å². The van der Waals surface area contributed by atoms with Crippen LogP contribution in [0.2, 0.25) is 0 Å². The van der Waals surface area contributed by atoms with Gasteiger partial charge in [-0.2, -0.15) is 0 Å². The Morgan fingerprint density at radius 1 is 1.29 bits per heavy atom. The summed E-state index contributed by atoms with van der Waals surface area (Å²) in [7, 11) is 0. The predicted octanol–water partition coefficient (Wildman–Crippen LogP) is 4.41. The van der Waals surface area contributed by atoms with Gasteiger partial charge in [-0.3, -0.25) is 0 Å². The van der Waals surface area contributed by atoms with Crippen LogP contribution in [0.1, 0.15) is 32.6 Å². The first-order valence-electron chi connectivity index (χ1n) is 5.35. The fraction of sp³-hybridized carbons (Fsp3) is 0.385. The van der Waals surface area contributed by atoms with E-state index in [0.717, 1.165) is 5.39 Å². The number of benzene rings is 1. The molecule has 0 aliphatic carbocycles. The van der Waals surface area contributed by atoms with E-state index in [0.29, 0.717) is 15.8 Å². The standard InChI is InChI=1S/C13H14BrFO2/c1-13(2,3)12(16)11-5-7-4-8(14)9(15)6-10(7)17-11/h4-6,12,16H,1-3H3. The van der Waals surface area contributed by atoms with Gasteiger partial charge in [-0.1, -0.05) is 20.8 Å². The van der Waals surface area contributed by atoms with Crippen LogP contribution in [0.25, 0.3) is 11.0 Å². The molecular formula is C13H14BrFO2. The summed E-state index contributed by atoms with van der Waals surface area (Å²) < 4.78 is 19.2. The summed E-state index contributed by atoms with van der Waals surface area (Å²) in [4.78, 5) is 0. The average Bonchev–Trinajstić information content (AvgIpc) is 2.59. The summed E-state index contributed by atoms with van der Waals surface area (Å²) in [6.45, 7) is 5.75. The Balaban J connectivity index is 2.52. The lowest BCUT2D eigenvalue weighted by molar-refractivity contribution is 0.0448. The maximum atomic E-state index is 13.3. The van der Waals surface area contributed by atoms with Gasteiger partial charge in [0.25, 0.3) is 0 Å². The van der Waals surface area contributed by atoms with Gasteiger partial charge in [-0.05, 0) is 33.5 Å². The van der Waals surface area contributed by atoms with Crippen molar-refractivity contribution in [2.75, 3.05) is 0 Å². The molecule has 0 saturated carbocycles. The van der Waals surface area contributed by atoms with Gasteiger partial charge in [0.1, 0.15) is 23.3 Å². The highest BCUT2D eigenvalue weighted by Crippen LogP contribution is 2.36. The van der Waals surface area contributed by atoms with Crippen molar-refractivity contribution >= 4 is 26.9 Å². The van der Waals surface area contributed by atoms with Crippen LogP contribution in [0.4, 0.5) is 4.39 Å². The minimum atomic E-state index is -0.711. The van der Waals surface area contributed by atoms with Crippen LogP contribution < -0.4 is 0 Å². The van der Waals surface area contributed by atoms with E-state index < -0.39 is 6.10 Å². The summed E-state index contributed by atoms with van der Waals surface area (Å²) >= 11 is 3.12.